The van der Waals surface area contributed by atoms with Gasteiger partial charge in [0.25, 0.3) is 5.69 Å². The van der Waals surface area contributed by atoms with Crippen LogP contribution in [0, 0.1) is 10.1 Å². The van der Waals surface area contributed by atoms with E-state index in [1.165, 1.54) is 24.1 Å². The second-order valence-electron chi connectivity index (χ2n) is 4.34. The number of non-ortho nitro benzene ring substituents is 1. The first kappa shape index (κ1) is 13.4. The molecule has 0 saturated heterocycles. The van der Waals surface area contributed by atoms with Crippen molar-refractivity contribution in [1.82, 2.24) is 4.98 Å². The van der Waals surface area contributed by atoms with Gasteiger partial charge in [0.1, 0.15) is 0 Å². The van der Waals surface area contributed by atoms with E-state index in [1.807, 2.05) is 30.3 Å². The van der Waals surface area contributed by atoms with E-state index in [2.05, 4.69) is 9.71 Å². The highest BCUT2D eigenvalue weighted by atomic mass is 32.2. The molecule has 5 nitrogen and oxygen atoms in total. The van der Waals surface area contributed by atoms with Gasteiger partial charge in [-0.25, -0.2) is 0 Å². The van der Waals surface area contributed by atoms with Crippen LogP contribution < -0.4 is 4.72 Å². The summed E-state index contributed by atoms with van der Waals surface area (Å²) in [4.78, 5) is 15.5. The van der Waals surface area contributed by atoms with Gasteiger partial charge < -0.3 is 4.72 Å². The Morgan fingerprint density at radius 1 is 1.05 bits per heavy atom. The summed E-state index contributed by atoms with van der Waals surface area (Å²) >= 11 is 1.40. The molecule has 0 bridgehead atoms. The van der Waals surface area contributed by atoms with E-state index in [0.717, 1.165) is 21.5 Å². The van der Waals surface area contributed by atoms with E-state index < -0.39 is 4.92 Å². The maximum Gasteiger partial charge on any atom is 0.269 e. The summed E-state index contributed by atoms with van der Waals surface area (Å²) in [6.45, 7) is 0. The number of aromatic nitrogens is 1. The number of rotatable bonds is 4. The average molecular weight is 297 g/mol. The molecule has 0 saturated carbocycles. The number of nitrogens with one attached hydrogen (secondary N) is 1. The number of anilines is 1. The van der Waals surface area contributed by atoms with Crippen LogP contribution in [0.4, 0.5) is 11.4 Å². The molecule has 3 rings (SSSR count). The third kappa shape index (κ3) is 2.95. The Balaban J connectivity index is 1.79. The second kappa shape index (κ2) is 5.80. The van der Waals surface area contributed by atoms with Gasteiger partial charge in [0.05, 0.1) is 16.1 Å². The predicted octanol–water partition coefficient (Wildman–Crippen LogP) is 4.26. The van der Waals surface area contributed by atoms with Gasteiger partial charge in [-0.2, -0.15) is 0 Å². The minimum Gasteiger partial charge on any atom is -0.324 e. The number of fused-ring (bicyclic) bond motifs is 1. The largest absolute Gasteiger partial charge is 0.324 e. The van der Waals surface area contributed by atoms with Crippen LogP contribution in [0.15, 0.2) is 65.7 Å². The molecule has 0 fully saturated rings. The van der Waals surface area contributed by atoms with E-state index in [0.29, 0.717) is 0 Å². The molecule has 2 aromatic carbocycles. The Morgan fingerprint density at radius 3 is 2.57 bits per heavy atom. The van der Waals surface area contributed by atoms with Crippen molar-refractivity contribution in [3.05, 3.63) is 70.9 Å². The zero-order chi connectivity index (χ0) is 14.7. The quantitative estimate of drug-likeness (QED) is 0.442. The standard InChI is InChI=1S/C15H11N3O2S/c19-18(20)12-6-8-13(9-7-12)21-17-14-5-1-3-11-4-2-10-16-15(11)14/h1-10,17H. The Hall–Kier alpha value is -2.60. The van der Waals surface area contributed by atoms with Crippen LogP contribution in [-0.4, -0.2) is 9.91 Å². The molecule has 3 aromatic rings. The maximum atomic E-state index is 10.6. The molecule has 0 aliphatic carbocycles. The fourth-order valence-electron chi connectivity index (χ4n) is 1.94. The number of hydrogen-bond acceptors (Lipinski definition) is 5. The molecule has 0 aliphatic heterocycles. The van der Waals surface area contributed by atoms with Crippen LogP contribution in [0.1, 0.15) is 0 Å². The van der Waals surface area contributed by atoms with Gasteiger partial charge in [-0.15, -0.1) is 0 Å². The molecule has 0 atom stereocenters. The number of nitro benzene ring substituents is 1. The van der Waals surface area contributed by atoms with Crippen LogP contribution in [0.25, 0.3) is 10.9 Å². The maximum absolute atomic E-state index is 10.6. The number of hydrogen-bond donors (Lipinski definition) is 1. The Labute approximate surface area is 125 Å². The van der Waals surface area contributed by atoms with E-state index in [-0.39, 0.29) is 5.69 Å². The molecule has 0 radical (unpaired) electrons. The topological polar surface area (TPSA) is 68.1 Å². The minimum atomic E-state index is -0.406. The van der Waals surface area contributed by atoms with E-state index in [1.54, 1.807) is 18.3 Å². The van der Waals surface area contributed by atoms with Gasteiger partial charge in [0.15, 0.2) is 0 Å². The monoisotopic (exact) mass is 297 g/mol. The SMILES string of the molecule is O=[N+]([O-])c1ccc(SNc2cccc3cccnc23)cc1. The zero-order valence-electron chi connectivity index (χ0n) is 10.9. The Kier molecular flexibility index (Phi) is 3.70. The molecule has 0 aliphatic rings. The molecule has 1 heterocycles. The van der Waals surface area contributed by atoms with Gasteiger partial charge in [-0.05, 0) is 36.2 Å². The van der Waals surface area contributed by atoms with Gasteiger partial charge in [0.2, 0.25) is 0 Å². The van der Waals surface area contributed by atoms with Crippen molar-refractivity contribution in [2.24, 2.45) is 0 Å². The molecular formula is C15H11N3O2S. The van der Waals surface area contributed by atoms with E-state index >= 15 is 0 Å². The molecule has 104 valence electrons. The average Bonchev–Trinajstić information content (AvgIpc) is 2.53. The van der Waals surface area contributed by atoms with Gasteiger partial charge >= 0.3 is 0 Å². The van der Waals surface area contributed by atoms with Gasteiger partial charge in [0, 0.05) is 28.6 Å². The van der Waals surface area contributed by atoms with Crippen LogP contribution in [0.3, 0.4) is 0 Å². The van der Waals surface area contributed by atoms with E-state index in [4.69, 9.17) is 0 Å². The van der Waals surface area contributed by atoms with Crippen molar-refractivity contribution in [2.75, 3.05) is 4.72 Å². The smallest absolute Gasteiger partial charge is 0.269 e. The van der Waals surface area contributed by atoms with E-state index in [9.17, 15) is 10.1 Å². The molecule has 0 unspecified atom stereocenters. The second-order valence-corrected chi connectivity index (χ2v) is 5.22. The van der Waals surface area contributed by atoms with Crippen LogP contribution in [-0.2, 0) is 0 Å². The predicted molar refractivity (Wildman–Crippen MR) is 84.3 cm³/mol. The lowest BCUT2D eigenvalue weighted by Gasteiger charge is -2.07. The highest BCUT2D eigenvalue weighted by Gasteiger charge is 2.05. The number of nitro groups is 1. The van der Waals surface area contributed by atoms with Crippen molar-refractivity contribution in [2.45, 2.75) is 4.90 Å². The fourth-order valence-corrected chi connectivity index (χ4v) is 2.60. The molecule has 6 heteroatoms. The van der Waals surface area contributed by atoms with Crippen molar-refractivity contribution in [3.63, 3.8) is 0 Å². The molecule has 21 heavy (non-hydrogen) atoms. The highest BCUT2D eigenvalue weighted by Crippen LogP contribution is 2.27. The first-order valence-corrected chi connectivity index (χ1v) is 7.07. The van der Waals surface area contributed by atoms with Gasteiger partial charge in [-0.3, -0.25) is 15.1 Å². The lowest BCUT2D eigenvalue weighted by molar-refractivity contribution is -0.384. The van der Waals surface area contributed by atoms with Crippen LogP contribution >= 0.6 is 11.9 Å². The molecular weight excluding hydrogens is 286 g/mol. The Morgan fingerprint density at radius 2 is 1.81 bits per heavy atom. The molecule has 0 amide bonds. The first-order valence-electron chi connectivity index (χ1n) is 6.25. The summed E-state index contributed by atoms with van der Waals surface area (Å²) in [5, 5.41) is 11.7. The molecule has 0 spiro atoms. The lowest BCUT2D eigenvalue weighted by Crippen LogP contribution is -1.91. The molecule has 1 aromatic heterocycles. The Bertz CT molecular complexity index is 785. The lowest BCUT2D eigenvalue weighted by atomic mass is 10.2. The number of pyridine rings is 1. The number of para-hydroxylation sites is 1. The highest BCUT2D eigenvalue weighted by molar-refractivity contribution is 8.00. The van der Waals surface area contributed by atoms with Gasteiger partial charge in [-0.1, -0.05) is 18.2 Å². The summed E-state index contributed by atoms with van der Waals surface area (Å²) in [6.07, 6.45) is 1.75. The normalized spacial score (nSPS) is 10.5. The van der Waals surface area contributed by atoms with Crippen molar-refractivity contribution in [1.29, 1.82) is 0 Å². The number of nitrogens with zero attached hydrogens (tertiary/aromatic N) is 2. The zero-order valence-corrected chi connectivity index (χ0v) is 11.7. The summed E-state index contributed by atoms with van der Waals surface area (Å²) < 4.78 is 3.24. The third-order valence-corrected chi connectivity index (χ3v) is 3.79. The van der Waals surface area contributed by atoms with Crippen LogP contribution in [0.2, 0.25) is 0 Å². The number of benzene rings is 2. The minimum absolute atomic E-state index is 0.0891. The summed E-state index contributed by atoms with van der Waals surface area (Å²) in [5.74, 6) is 0. The summed E-state index contributed by atoms with van der Waals surface area (Å²) in [6, 6.07) is 16.2. The first-order chi connectivity index (χ1) is 10.2. The van der Waals surface area contributed by atoms with Crippen LogP contribution in [0.5, 0.6) is 0 Å². The van der Waals surface area contributed by atoms with Crippen molar-refractivity contribution in [3.8, 4) is 0 Å². The van der Waals surface area contributed by atoms with Crippen molar-refractivity contribution < 1.29 is 4.92 Å². The third-order valence-electron chi connectivity index (χ3n) is 2.96. The summed E-state index contributed by atoms with van der Waals surface area (Å²) in [5.41, 5.74) is 1.90. The van der Waals surface area contributed by atoms with Crippen molar-refractivity contribution >= 4 is 34.2 Å². The molecule has 1 N–H and O–H groups in total. The fraction of sp³-hybridized carbons (Fsp3) is 0. The summed E-state index contributed by atoms with van der Waals surface area (Å²) in [7, 11) is 0.